The number of likely N-dealkylation sites (tertiary alicyclic amines) is 1. The number of aromatic hydroxyl groups is 1. The van der Waals surface area contributed by atoms with Crippen molar-refractivity contribution in [1.82, 2.24) is 15.1 Å². The number of nitrogens with zero attached hydrogens (tertiary/aromatic N) is 2. The van der Waals surface area contributed by atoms with Gasteiger partial charge in [-0.25, -0.2) is 0 Å². The van der Waals surface area contributed by atoms with Crippen molar-refractivity contribution in [2.75, 3.05) is 39.3 Å². The molecule has 2 fully saturated rings. The number of piperazine rings is 1. The third-order valence-electron chi connectivity index (χ3n) is 4.65. The zero-order chi connectivity index (χ0) is 13.9. The summed E-state index contributed by atoms with van der Waals surface area (Å²) in [7, 11) is 0. The Balaban J connectivity index is 1.45. The standard InChI is InChI=1S/C16H25N3O/c1-13(10-14-2-4-16(20)5-3-14)19-11-15(12-19)18-8-6-17-7-9-18/h2-5,13,15,17,20H,6-12H2,1H3. The van der Waals surface area contributed by atoms with Crippen molar-refractivity contribution >= 4 is 0 Å². The molecule has 2 saturated heterocycles. The fourth-order valence-corrected chi connectivity index (χ4v) is 3.23. The zero-order valence-electron chi connectivity index (χ0n) is 12.3. The lowest BCUT2D eigenvalue weighted by Crippen LogP contribution is -2.64. The van der Waals surface area contributed by atoms with E-state index < -0.39 is 0 Å². The summed E-state index contributed by atoms with van der Waals surface area (Å²) < 4.78 is 0. The van der Waals surface area contributed by atoms with Gasteiger partial charge in [0.1, 0.15) is 5.75 Å². The number of hydrogen-bond acceptors (Lipinski definition) is 4. The van der Waals surface area contributed by atoms with Gasteiger partial charge in [-0.2, -0.15) is 0 Å². The SMILES string of the molecule is CC(Cc1ccc(O)cc1)N1CC(N2CCNCC2)C1. The molecule has 4 heteroatoms. The van der Waals surface area contributed by atoms with Crippen molar-refractivity contribution in [2.45, 2.75) is 25.4 Å². The highest BCUT2D eigenvalue weighted by atomic mass is 16.3. The van der Waals surface area contributed by atoms with E-state index >= 15 is 0 Å². The number of nitrogens with one attached hydrogen (secondary N) is 1. The van der Waals surface area contributed by atoms with E-state index in [2.05, 4.69) is 22.0 Å². The number of benzene rings is 1. The maximum atomic E-state index is 9.32. The van der Waals surface area contributed by atoms with E-state index in [0.717, 1.165) is 25.6 Å². The Bertz CT molecular complexity index is 422. The van der Waals surface area contributed by atoms with Gasteiger partial charge in [-0.05, 0) is 31.0 Å². The molecule has 2 N–H and O–H groups in total. The molecule has 2 aliphatic rings. The van der Waals surface area contributed by atoms with Crippen LogP contribution >= 0.6 is 0 Å². The maximum Gasteiger partial charge on any atom is 0.115 e. The topological polar surface area (TPSA) is 38.7 Å². The summed E-state index contributed by atoms with van der Waals surface area (Å²) in [5.41, 5.74) is 1.31. The molecular formula is C16H25N3O. The second kappa shape index (κ2) is 6.12. The molecule has 1 unspecified atom stereocenters. The molecule has 4 nitrogen and oxygen atoms in total. The molecule has 0 radical (unpaired) electrons. The number of rotatable bonds is 4. The second-order valence-corrected chi connectivity index (χ2v) is 6.11. The summed E-state index contributed by atoms with van der Waals surface area (Å²) in [6.07, 6.45) is 1.06. The molecular weight excluding hydrogens is 250 g/mol. The molecule has 20 heavy (non-hydrogen) atoms. The van der Waals surface area contributed by atoms with Crippen LogP contribution in [0.2, 0.25) is 0 Å². The first-order chi connectivity index (χ1) is 9.72. The lowest BCUT2D eigenvalue weighted by molar-refractivity contribution is 0.00427. The fraction of sp³-hybridized carbons (Fsp3) is 0.625. The maximum absolute atomic E-state index is 9.32. The van der Waals surface area contributed by atoms with Crippen LogP contribution in [0.25, 0.3) is 0 Å². The highest BCUT2D eigenvalue weighted by Gasteiger charge is 2.34. The Hall–Kier alpha value is -1.10. The minimum Gasteiger partial charge on any atom is -0.508 e. The van der Waals surface area contributed by atoms with E-state index in [1.54, 1.807) is 12.1 Å². The van der Waals surface area contributed by atoms with E-state index in [4.69, 9.17) is 0 Å². The Kier molecular flexibility index (Phi) is 4.24. The van der Waals surface area contributed by atoms with Gasteiger partial charge in [-0.3, -0.25) is 9.80 Å². The van der Waals surface area contributed by atoms with E-state index in [1.165, 1.54) is 31.7 Å². The van der Waals surface area contributed by atoms with Gasteiger partial charge in [-0.15, -0.1) is 0 Å². The first kappa shape index (κ1) is 13.9. The predicted octanol–water partition coefficient (Wildman–Crippen LogP) is 0.913. The van der Waals surface area contributed by atoms with Gasteiger partial charge in [-0.1, -0.05) is 12.1 Å². The van der Waals surface area contributed by atoms with Gasteiger partial charge in [0.2, 0.25) is 0 Å². The van der Waals surface area contributed by atoms with Crippen LogP contribution in [0.15, 0.2) is 24.3 Å². The molecule has 2 aliphatic heterocycles. The van der Waals surface area contributed by atoms with E-state index in [1.807, 2.05) is 12.1 Å². The summed E-state index contributed by atoms with van der Waals surface area (Å²) >= 11 is 0. The van der Waals surface area contributed by atoms with Crippen LogP contribution in [0, 0.1) is 0 Å². The van der Waals surface area contributed by atoms with Gasteiger partial charge < -0.3 is 10.4 Å². The number of phenols is 1. The van der Waals surface area contributed by atoms with Crippen LogP contribution in [0.1, 0.15) is 12.5 Å². The third-order valence-corrected chi connectivity index (χ3v) is 4.65. The summed E-state index contributed by atoms with van der Waals surface area (Å²) in [6.45, 7) is 9.40. The van der Waals surface area contributed by atoms with Crippen LogP contribution in [0.5, 0.6) is 5.75 Å². The molecule has 2 heterocycles. The largest absolute Gasteiger partial charge is 0.508 e. The molecule has 1 aromatic rings. The third kappa shape index (κ3) is 3.14. The second-order valence-electron chi connectivity index (χ2n) is 6.11. The van der Waals surface area contributed by atoms with Crippen molar-refractivity contribution < 1.29 is 5.11 Å². The Morgan fingerprint density at radius 1 is 1.20 bits per heavy atom. The monoisotopic (exact) mass is 275 g/mol. The Morgan fingerprint density at radius 3 is 2.50 bits per heavy atom. The number of hydrogen-bond donors (Lipinski definition) is 2. The van der Waals surface area contributed by atoms with Crippen LogP contribution in [0.4, 0.5) is 0 Å². The highest BCUT2D eigenvalue weighted by molar-refractivity contribution is 5.26. The van der Waals surface area contributed by atoms with Crippen molar-refractivity contribution in [3.63, 3.8) is 0 Å². The molecule has 0 spiro atoms. The predicted molar refractivity (Wildman–Crippen MR) is 81.1 cm³/mol. The van der Waals surface area contributed by atoms with Gasteiger partial charge in [0.05, 0.1) is 0 Å². The molecule has 0 aliphatic carbocycles. The minimum absolute atomic E-state index is 0.351. The molecule has 0 saturated carbocycles. The van der Waals surface area contributed by atoms with Gasteiger partial charge >= 0.3 is 0 Å². The molecule has 0 amide bonds. The molecule has 110 valence electrons. The highest BCUT2D eigenvalue weighted by Crippen LogP contribution is 2.21. The summed E-state index contributed by atoms with van der Waals surface area (Å²) in [5.74, 6) is 0.351. The van der Waals surface area contributed by atoms with Crippen molar-refractivity contribution in [2.24, 2.45) is 0 Å². The normalized spacial score (nSPS) is 23.4. The first-order valence-corrected chi connectivity index (χ1v) is 7.69. The lowest BCUT2D eigenvalue weighted by atomic mass is 9.99. The summed E-state index contributed by atoms with van der Waals surface area (Å²) in [5, 5.41) is 12.7. The van der Waals surface area contributed by atoms with Crippen molar-refractivity contribution in [1.29, 1.82) is 0 Å². The Labute approximate surface area is 121 Å². The average Bonchev–Trinajstić information content (AvgIpc) is 2.41. The zero-order valence-corrected chi connectivity index (χ0v) is 12.3. The first-order valence-electron chi connectivity index (χ1n) is 7.69. The van der Waals surface area contributed by atoms with Crippen LogP contribution < -0.4 is 5.32 Å². The smallest absolute Gasteiger partial charge is 0.115 e. The van der Waals surface area contributed by atoms with Crippen LogP contribution in [0.3, 0.4) is 0 Å². The van der Waals surface area contributed by atoms with Crippen LogP contribution in [-0.4, -0.2) is 66.3 Å². The Morgan fingerprint density at radius 2 is 1.85 bits per heavy atom. The molecule has 1 aromatic carbocycles. The van der Waals surface area contributed by atoms with Crippen LogP contribution in [-0.2, 0) is 6.42 Å². The van der Waals surface area contributed by atoms with Crippen molar-refractivity contribution in [3.8, 4) is 5.75 Å². The van der Waals surface area contributed by atoms with Gasteiger partial charge in [0, 0.05) is 51.4 Å². The molecule has 0 bridgehead atoms. The van der Waals surface area contributed by atoms with Gasteiger partial charge in [0.25, 0.3) is 0 Å². The lowest BCUT2D eigenvalue weighted by Gasteiger charge is -2.49. The van der Waals surface area contributed by atoms with E-state index in [9.17, 15) is 5.11 Å². The average molecular weight is 275 g/mol. The van der Waals surface area contributed by atoms with Crippen molar-refractivity contribution in [3.05, 3.63) is 29.8 Å². The van der Waals surface area contributed by atoms with Gasteiger partial charge in [0.15, 0.2) is 0 Å². The quantitative estimate of drug-likeness (QED) is 0.857. The van der Waals surface area contributed by atoms with E-state index in [-0.39, 0.29) is 0 Å². The summed E-state index contributed by atoms with van der Waals surface area (Å²) in [4.78, 5) is 5.19. The van der Waals surface area contributed by atoms with E-state index in [0.29, 0.717) is 11.8 Å². The minimum atomic E-state index is 0.351. The molecule has 0 aromatic heterocycles. The number of phenolic OH excluding ortho intramolecular Hbond substituents is 1. The molecule has 1 atom stereocenters. The molecule has 3 rings (SSSR count). The summed E-state index contributed by atoms with van der Waals surface area (Å²) in [6, 6.07) is 8.96. The fourth-order valence-electron chi connectivity index (χ4n) is 3.23.